The molecule has 3 rings (SSSR count). The van der Waals surface area contributed by atoms with Gasteiger partial charge >= 0.3 is 0 Å². The molecule has 0 unspecified atom stereocenters. The minimum Gasteiger partial charge on any atom is -0.351 e. The molecule has 7 nitrogen and oxygen atoms in total. The lowest BCUT2D eigenvalue weighted by Gasteiger charge is -2.08. The van der Waals surface area contributed by atoms with Crippen molar-refractivity contribution in [3.05, 3.63) is 40.8 Å². The second kappa shape index (κ2) is 7.49. The first-order chi connectivity index (χ1) is 12.4. The Kier molecular flexibility index (Phi) is 5.13. The minimum absolute atomic E-state index is 0.0728. The normalized spacial score (nSPS) is 10.6. The second-order valence-corrected chi connectivity index (χ2v) is 6.93. The van der Waals surface area contributed by atoms with Crippen LogP contribution in [0.2, 0.25) is 0 Å². The van der Waals surface area contributed by atoms with Gasteiger partial charge in [-0.15, -0.1) is 11.3 Å². The van der Waals surface area contributed by atoms with Crippen LogP contribution in [0.3, 0.4) is 0 Å². The molecule has 0 saturated carbocycles. The van der Waals surface area contributed by atoms with Crippen LogP contribution in [0.15, 0.2) is 34.9 Å². The number of carbonyl (C=O) groups excluding carboxylic acids is 2. The third kappa shape index (κ3) is 3.97. The van der Waals surface area contributed by atoms with Crippen molar-refractivity contribution in [2.45, 2.75) is 27.3 Å². The zero-order valence-corrected chi connectivity index (χ0v) is 15.4. The number of nitrogens with zero attached hydrogens (tertiary/aromatic N) is 2. The van der Waals surface area contributed by atoms with Crippen molar-refractivity contribution < 1.29 is 14.1 Å². The van der Waals surface area contributed by atoms with Gasteiger partial charge in [-0.3, -0.25) is 9.59 Å². The molecule has 0 aliphatic rings. The molecule has 26 heavy (non-hydrogen) atoms. The van der Waals surface area contributed by atoms with E-state index in [0.717, 1.165) is 20.9 Å². The number of thiophene rings is 1. The monoisotopic (exact) mass is 370 g/mol. The van der Waals surface area contributed by atoms with Crippen LogP contribution in [0.4, 0.5) is 5.69 Å². The van der Waals surface area contributed by atoms with Gasteiger partial charge in [0.05, 0.1) is 11.4 Å². The van der Waals surface area contributed by atoms with Gasteiger partial charge in [-0.25, -0.2) is 0 Å². The summed E-state index contributed by atoms with van der Waals surface area (Å²) >= 11 is 1.50. The summed E-state index contributed by atoms with van der Waals surface area (Å²) in [4.78, 5) is 28.7. The lowest BCUT2D eigenvalue weighted by Crippen LogP contribution is -2.17. The summed E-state index contributed by atoms with van der Waals surface area (Å²) in [6, 6.07) is 9.35. The van der Waals surface area contributed by atoms with E-state index in [1.54, 1.807) is 0 Å². The molecule has 0 saturated heterocycles. The molecule has 8 heteroatoms. The van der Waals surface area contributed by atoms with Crippen molar-refractivity contribution in [2.75, 3.05) is 5.32 Å². The number of hydrogen-bond acceptors (Lipinski definition) is 6. The van der Waals surface area contributed by atoms with Crippen LogP contribution in [-0.2, 0) is 16.1 Å². The van der Waals surface area contributed by atoms with E-state index in [1.807, 2.05) is 37.3 Å². The molecule has 2 heterocycles. The van der Waals surface area contributed by atoms with Gasteiger partial charge in [-0.1, -0.05) is 11.2 Å². The molecule has 3 aromatic rings. The zero-order chi connectivity index (χ0) is 18.7. The Balaban J connectivity index is 1.84. The molecule has 2 amide bonds. The molecule has 0 radical (unpaired) electrons. The van der Waals surface area contributed by atoms with E-state index >= 15 is 0 Å². The Morgan fingerprint density at radius 1 is 1.15 bits per heavy atom. The average Bonchev–Trinajstić information content (AvgIpc) is 3.23. The minimum atomic E-state index is -0.137. The highest BCUT2D eigenvalue weighted by Gasteiger charge is 2.16. The fourth-order valence-electron chi connectivity index (χ4n) is 2.43. The van der Waals surface area contributed by atoms with Crippen molar-refractivity contribution in [1.82, 2.24) is 15.5 Å². The van der Waals surface area contributed by atoms with Gasteiger partial charge in [-0.05, 0) is 36.8 Å². The molecule has 0 aliphatic heterocycles. The van der Waals surface area contributed by atoms with Gasteiger partial charge in [0, 0.05) is 30.0 Å². The number of hydrogen-bond donors (Lipinski definition) is 2. The Bertz CT molecular complexity index is 961. The lowest BCUT2D eigenvalue weighted by atomic mass is 10.1. The maximum Gasteiger partial charge on any atom is 0.258 e. The van der Waals surface area contributed by atoms with Crippen LogP contribution >= 0.6 is 11.3 Å². The molecule has 134 valence electrons. The van der Waals surface area contributed by atoms with E-state index in [2.05, 4.69) is 20.8 Å². The van der Waals surface area contributed by atoms with Gasteiger partial charge in [0.15, 0.2) is 0 Å². The molecular weight excluding hydrogens is 352 g/mol. The van der Waals surface area contributed by atoms with E-state index < -0.39 is 0 Å². The molecule has 2 N–H and O–H groups in total. The predicted molar refractivity (Wildman–Crippen MR) is 99.6 cm³/mol. The summed E-state index contributed by atoms with van der Waals surface area (Å²) < 4.78 is 5.42. The first-order valence-corrected chi connectivity index (χ1v) is 8.80. The summed E-state index contributed by atoms with van der Waals surface area (Å²) in [5.74, 6) is 0.669. The van der Waals surface area contributed by atoms with E-state index in [-0.39, 0.29) is 11.8 Å². The standard InChI is InChI=1S/C18H18N4O3S/c1-10-14(5-4-6-15(10)20-12(3)24)18-21-17(22-25-18)16-8-7-13(26-16)9-19-11(2)23/h4-8H,9H2,1-3H3,(H,19,23)(H,20,24). The summed E-state index contributed by atoms with van der Waals surface area (Å²) in [5, 5.41) is 9.60. The van der Waals surface area contributed by atoms with Crippen LogP contribution in [0, 0.1) is 6.92 Å². The Labute approximate surface area is 154 Å². The molecule has 0 aliphatic carbocycles. The van der Waals surface area contributed by atoms with E-state index in [9.17, 15) is 9.59 Å². The molecule has 1 aromatic carbocycles. The van der Waals surface area contributed by atoms with Gasteiger partial charge in [0.2, 0.25) is 17.6 Å². The van der Waals surface area contributed by atoms with Gasteiger partial charge < -0.3 is 15.2 Å². The van der Waals surface area contributed by atoms with Crippen molar-refractivity contribution in [3.8, 4) is 22.2 Å². The van der Waals surface area contributed by atoms with Crippen molar-refractivity contribution in [2.24, 2.45) is 0 Å². The summed E-state index contributed by atoms with van der Waals surface area (Å²) in [5.41, 5.74) is 2.34. The first kappa shape index (κ1) is 17.8. The number of aromatic nitrogens is 2. The maximum absolute atomic E-state index is 11.3. The second-order valence-electron chi connectivity index (χ2n) is 5.76. The maximum atomic E-state index is 11.3. The fraction of sp³-hybridized carbons (Fsp3) is 0.222. The zero-order valence-electron chi connectivity index (χ0n) is 14.6. The highest BCUT2D eigenvalue weighted by atomic mass is 32.1. The topological polar surface area (TPSA) is 97.1 Å². The van der Waals surface area contributed by atoms with Crippen LogP contribution in [0.25, 0.3) is 22.2 Å². The van der Waals surface area contributed by atoms with E-state index in [0.29, 0.717) is 23.9 Å². The third-order valence-corrected chi connectivity index (χ3v) is 4.78. The van der Waals surface area contributed by atoms with E-state index in [4.69, 9.17) is 4.52 Å². The lowest BCUT2D eigenvalue weighted by molar-refractivity contribution is -0.119. The summed E-state index contributed by atoms with van der Waals surface area (Å²) in [6.45, 7) is 5.31. The highest BCUT2D eigenvalue weighted by Crippen LogP contribution is 2.31. The molecule has 2 aromatic heterocycles. The predicted octanol–water partition coefficient (Wildman–Crippen LogP) is 3.37. The Morgan fingerprint density at radius 2 is 1.96 bits per heavy atom. The summed E-state index contributed by atoms with van der Waals surface area (Å²) in [6.07, 6.45) is 0. The van der Waals surface area contributed by atoms with Crippen LogP contribution < -0.4 is 10.6 Å². The quantitative estimate of drug-likeness (QED) is 0.718. The molecule has 0 atom stereocenters. The average molecular weight is 370 g/mol. The Hall–Kier alpha value is -3.00. The molecule has 0 spiro atoms. The van der Waals surface area contributed by atoms with Crippen molar-refractivity contribution >= 4 is 28.8 Å². The largest absolute Gasteiger partial charge is 0.351 e. The van der Waals surface area contributed by atoms with Gasteiger partial charge in [0.25, 0.3) is 5.89 Å². The Morgan fingerprint density at radius 3 is 2.69 bits per heavy atom. The molecular formula is C18H18N4O3S. The SMILES string of the molecule is CC(=O)NCc1ccc(-c2noc(-c3cccc(NC(C)=O)c3C)n2)s1. The molecule has 0 bridgehead atoms. The smallest absolute Gasteiger partial charge is 0.258 e. The number of nitrogens with one attached hydrogen (secondary N) is 2. The first-order valence-electron chi connectivity index (χ1n) is 7.99. The number of amides is 2. The van der Waals surface area contributed by atoms with Gasteiger partial charge in [0.1, 0.15) is 0 Å². The van der Waals surface area contributed by atoms with Crippen molar-refractivity contribution in [3.63, 3.8) is 0 Å². The summed E-state index contributed by atoms with van der Waals surface area (Å²) in [7, 11) is 0. The van der Waals surface area contributed by atoms with E-state index in [1.165, 1.54) is 25.2 Å². The number of benzene rings is 1. The molecule has 0 fully saturated rings. The van der Waals surface area contributed by atoms with Gasteiger partial charge in [-0.2, -0.15) is 4.98 Å². The fourth-order valence-corrected chi connectivity index (χ4v) is 3.30. The van der Waals surface area contributed by atoms with Crippen LogP contribution in [-0.4, -0.2) is 22.0 Å². The number of anilines is 1. The number of carbonyl (C=O) groups is 2. The number of rotatable bonds is 5. The van der Waals surface area contributed by atoms with Crippen molar-refractivity contribution in [1.29, 1.82) is 0 Å². The highest BCUT2D eigenvalue weighted by molar-refractivity contribution is 7.15. The van der Waals surface area contributed by atoms with Crippen LogP contribution in [0.1, 0.15) is 24.3 Å². The van der Waals surface area contributed by atoms with Crippen LogP contribution in [0.5, 0.6) is 0 Å². The third-order valence-electron chi connectivity index (χ3n) is 3.69.